The van der Waals surface area contributed by atoms with Gasteiger partial charge >= 0.3 is 5.97 Å². The molecule has 0 bridgehead atoms. The molecule has 6 heteroatoms. The zero-order chi connectivity index (χ0) is 19.4. The summed E-state index contributed by atoms with van der Waals surface area (Å²) < 4.78 is 10.7. The van der Waals surface area contributed by atoms with E-state index in [1.165, 1.54) is 11.1 Å². The van der Waals surface area contributed by atoms with Crippen molar-refractivity contribution < 1.29 is 19.1 Å². The molecule has 0 spiro atoms. The number of piperidine rings is 1. The first-order chi connectivity index (χ1) is 12.1. The number of hydrogen-bond donors (Lipinski definition) is 0. The van der Waals surface area contributed by atoms with E-state index in [1.807, 2.05) is 20.8 Å². The quantitative estimate of drug-likeness (QED) is 0.486. The molecule has 26 heavy (non-hydrogen) atoms. The number of hydrogen-bond acceptors (Lipinski definition) is 5. The van der Waals surface area contributed by atoms with Crippen LogP contribution in [0.1, 0.15) is 40.5 Å². The normalized spacial score (nSPS) is 24.5. The molecule has 1 fully saturated rings. The molecule has 1 aliphatic carbocycles. The molecular weight excluding hydrogens is 398 g/mol. The number of rotatable bonds is 5. The summed E-state index contributed by atoms with van der Waals surface area (Å²) in [5, 5.41) is 1.78. The van der Waals surface area contributed by atoms with E-state index in [0.29, 0.717) is 26.3 Å². The summed E-state index contributed by atoms with van der Waals surface area (Å²) >= 11 is 3.71. The van der Waals surface area contributed by atoms with Gasteiger partial charge in [0.2, 0.25) is 0 Å². The summed E-state index contributed by atoms with van der Waals surface area (Å²) in [6, 6.07) is 0. The van der Waals surface area contributed by atoms with Crippen molar-refractivity contribution in [3.05, 3.63) is 35.1 Å². The fraction of sp³-hybridized carbons (Fsp3) is 0.650. The highest BCUT2D eigenvalue weighted by molar-refractivity contribution is 9.10. The number of methoxy groups -OCH3 is 1. The van der Waals surface area contributed by atoms with E-state index in [2.05, 4.69) is 41.1 Å². The predicted molar refractivity (Wildman–Crippen MR) is 106 cm³/mol. The minimum absolute atomic E-state index is 0.185. The van der Waals surface area contributed by atoms with Crippen molar-refractivity contribution in [1.82, 2.24) is 5.06 Å². The number of ether oxygens (including phenoxy) is 2. The SMILES string of the molecule is COCCOC1=CC(=C2CCN(OC(=O)C(C)(C)C)CC2)C=CC1(C)Br. The fourth-order valence-corrected chi connectivity index (χ4v) is 3.05. The van der Waals surface area contributed by atoms with Gasteiger partial charge < -0.3 is 14.3 Å². The summed E-state index contributed by atoms with van der Waals surface area (Å²) in [6.07, 6.45) is 8.11. The first-order valence-electron chi connectivity index (χ1n) is 9.05. The topological polar surface area (TPSA) is 48.0 Å². The van der Waals surface area contributed by atoms with Gasteiger partial charge in [-0.25, -0.2) is 4.79 Å². The van der Waals surface area contributed by atoms with Crippen LogP contribution in [0.5, 0.6) is 0 Å². The Morgan fingerprint density at radius 2 is 1.92 bits per heavy atom. The number of allylic oxidation sites excluding steroid dienone is 4. The van der Waals surface area contributed by atoms with Crippen molar-refractivity contribution >= 4 is 21.9 Å². The van der Waals surface area contributed by atoms with Crippen molar-refractivity contribution in [2.24, 2.45) is 5.41 Å². The van der Waals surface area contributed by atoms with E-state index in [0.717, 1.165) is 18.6 Å². The van der Waals surface area contributed by atoms with Gasteiger partial charge in [0.25, 0.3) is 0 Å². The van der Waals surface area contributed by atoms with Crippen LogP contribution in [-0.2, 0) is 19.1 Å². The van der Waals surface area contributed by atoms with Gasteiger partial charge in [0.1, 0.15) is 12.4 Å². The Kier molecular flexibility index (Phi) is 7.11. The van der Waals surface area contributed by atoms with Gasteiger partial charge in [-0.3, -0.25) is 0 Å². The lowest BCUT2D eigenvalue weighted by atomic mass is 9.92. The van der Waals surface area contributed by atoms with E-state index >= 15 is 0 Å². The molecule has 2 rings (SSSR count). The zero-order valence-corrected chi connectivity index (χ0v) is 18.0. The summed E-state index contributed by atoms with van der Waals surface area (Å²) in [4.78, 5) is 17.5. The maximum absolute atomic E-state index is 12.0. The molecule has 146 valence electrons. The summed E-state index contributed by atoms with van der Waals surface area (Å²) in [7, 11) is 1.67. The molecule has 0 aromatic rings. The molecule has 1 heterocycles. The number of carbonyl (C=O) groups excluding carboxylic acids is 1. The number of carbonyl (C=O) groups is 1. The third kappa shape index (κ3) is 5.69. The Labute approximate surface area is 165 Å². The molecule has 0 amide bonds. The third-order valence-electron chi connectivity index (χ3n) is 4.45. The molecular formula is C20H30BrNO4. The Bertz CT molecular complexity index is 604. The van der Waals surface area contributed by atoms with Crippen LogP contribution in [0.25, 0.3) is 0 Å². The highest BCUT2D eigenvalue weighted by Gasteiger charge is 2.30. The highest BCUT2D eigenvalue weighted by atomic mass is 79.9. The molecule has 1 unspecified atom stereocenters. The molecule has 1 aliphatic heterocycles. The van der Waals surface area contributed by atoms with Crippen LogP contribution in [0.15, 0.2) is 35.1 Å². The van der Waals surface area contributed by atoms with Crippen LogP contribution < -0.4 is 0 Å². The zero-order valence-electron chi connectivity index (χ0n) is 16.4. The summed E-state index contributed by atoms with van der Waals surface area (Å²) in [5.74, 6) is 0.705. The minimum atomic E-state index is -0.484. The second-order valence-electron chi connectivity index (χ2n) is 7.88. The second-order valence-corrected chi connectivity index (χ2v) is 9.52. The number of halogens is 1. The number of hydroxylamine groups is 2. The van der Waals surface area contributed by atoms with E-state index < -0.39 is 5.41 Å². The second kappa shape index (κ2) is 8.72. The van der Waals surface area contributed by atoms with E-state index in [9.17, 15) is 4.79 Å². The van der Waals surface area contributed by atoms with Crippen LogP contribution in [0.4, 0.5) is 0 Å². The lowest BCUT2D eigenvalue weighted by Gasteiger charge is -2.31. The van der Waals surface area contributed by atoms with Crippen molar-refractivity contribution in [2.75, 3.05) is 33.4 Å². The van der Waals surface area contributed by atoms with Crippen LogP contribution in [0, 0.1) is 5.41 Å². The van der Waals surface area contributed by atoms with Crippen molar-refractivity contribution in [1.29, 1.82) is 0 Å². The molecule has 2 aliphatic rings. The molecule has 1 saturated heterocycles. The Balaban J connectivity index is 2.01. The molecule has 1 atom stereocenters. The lowest BCUT2D eigenvalue weighted by Crippen LogP contribution is -2.37. The van der Waals surface area contributed by atoms with E-state index in [1.54, 1.807) is 12.2 Å². The lowest BCUT2D eigenvalue weighted by molar-refractivity contribution is -0.202. The molecule has 0 radical (unpaired) electrons. The largest absolute Gasteiger partial charge is 0.494 e. The van der Waals surface area contributed by atoms with E-state index in [4.69, 9.17) is 14.3 Å². The average Bonchev–Trinajstić information content (AvgIpc) is 2.56. The monoisotopic (exact) mass is 427 g/mol. The van der Waals surface area contributed by atoms with Gasteiger partial charge in [0.15, 0.2) is 0 Å². The first kappa shape index (κ1) is 21.2. The van der Waals surface area contributed by atoms with Crippen LogP contribution in [0.2, 0.25) is 0 Å². The third-order valence-corrected chi connectivity index (χ3v) is 5.10. The number of nitrogens with zero attached hydrogens (tertiary/aromatic N) is 1. The average molecular weight is 428 g/mol. The predicted octanol–water partition coefficient (Wildman–Crippen LogP) is 4.15. The van der Waals surface area contributed by atoms with E-state index in [-0.39, 0.29) is 10.3 Å². The minimum Gasteiger partial charge on any atom is -0.494 e. The van der Waals surface area contributed by atoms with Crippen molar-refractivity contribution in [3.8, 4) is 0 Å². The first-order valence-corrected chi connectivity index (χ1v) is 9.84. The highest BCUT2D eigenvalue weighted by Crippen LogP contribution is 2.36. The van der Waals surface area contributed by atoms with Crippen molar-refractivity contribution in [2.45, 2.75) is 44.9 Å². The number of alkyl halides is 1. The van der Waals surface area contributed by atoms with Gasteiger partial charge in [-0.05, 0) is 52.2 Å². The van der Waals surface area contributed by atoms with Crippen LogP contribution >= 0.6 is 15.9 Å². The van der Waals surface area contributed by atoms with Gasteiger partial charge in [0.05, 0.1) is 16.3 Å². The van der Waals surface area contributed by atoms with Crippen LogP contribution in [0.3, 0.4) is 0 Å². The fourth-order valence-electron chi connectivity index (χ4n) is 2.69. The van der Waals surface area contributed by atoms with Gasteiger partial charge in [-0.1, -0.05) is 33.7 Å². The smallest absolute Gasteiger partial charge is 0.330 e. The van der Waals surface area contributed by atoms with Gasteiger partial charge in [0, 0.05) is 20.2 Å². The molecule has 0 saturated carbocycles. The summed E-state index contributed by atoms with van der Waals surface area (Å²) in [5.41, 5.74) is 2.07. The maximum Gasteiger partial charge on any atom is 0.330 e. The Morgan fingerprint density at radius 3 is 2.50 bits per heavy atom. The van der Waals surface area contributed by atoms with Gasteiger partial charge in [-0.2, -0.15) is 0 Å². The molecule has 5 nitrogen and oxygen atoms in total. The maximum atomic E-state index is 12.0. The standard InChI is InChI=1S/C20H30BrNO4/c1-19(2,3)18(23)26-22-10-7-15(8-11-22)16-6-9-20(4,21)17(14-16)25-13-12-24-5/h6,9,14H,7-8,10-13H2,1-5H3. The van der Waals surface area contributed by atoms with Crippen molar-refractivity contribution in [3.63, 3.8) is 0 Å². The van der Waals surface area contributed by atoms with Gasteiger partial charge in [-0.15, -0.1) is 5.06 Å². The molecule has 0 aromatic carbocycles. The summed E-state index contributed by atoms with van der Waals surface area (Å²) in [6.45, 7) is 10.2. The Hall–Kier alpha value is -1.11. The Morgan fingerprint density at radius 1 is 1.27 bits per heavy atom. The molecule has 0 N–H and O–H groups in total. The van der Waals surface area contributed by atoms with Crippen LogP contribution in [-0.4, -0.2) is 48.8 Å². The molecule has 0 aromatic heterocycles.